The third kappa shape index (κ3) is 3.03. The van der Waals surface area contributed by atoms with Crippen molar-refractivity contribution in [3.05, 3.63) is 0 Å². The lowest BCUT2D eigenvalue weighted by Crippen LogP contribution is -2.62. The predicted molar refractivity (Wildman–Crippen MR) is 74.3 cm³/mol. The van der Waals surface area contributed by atoms with Crippen molar-refractivity contribution in [3.63, 3.8) is 0 Å². The van der Waals surface area contributed by atoms with Gasteiger partial charge in [-0.1, -0.05) is 26.7 Å². The van der Waals surface area contributed by atoms with Gasteiger partial charge in [0.25, 0.3) is 0 Å². The second kappa shape index (κ2) is 5.71. The molecule has 2 fully saturated rings. The molecule has 1 N–H and O–H groups in total. The zero-order valence-electron chi connectivity index (χ0n) is 12.0. The van der Waals surface area contributed by atoms with Gasteiger partial charge in [-0.3, -0.25) is 4.90 Å². The van der Waals surface area contributed by atoms with Crippen molar-refractivity contribution in [1.82, 2.24) is 10.2 Å². The average molecular weight is 238 g/mol. The zero-order valence-corrected chi connectivity index (χ0v) is 12.0. The van der Waals surface area contributed by atoms with E-state index in [9.17, 15) is 0 Å². The average Bonchev–Trinajstić information content (AvgIpc) is 2.25. The molecule has 0 radical (unpaired) electrons. The molecule has 2 heteroatoms. The van der Waals surface area contributed by atoms with E-state index in [0.29, 0.717) is 5.41 Å². The quantitative estimate of drug-likeness (QED) is 0.792. The summed E-state index contributed by atoms with van der Waals surface area (Å²) in [7, 11) is 0. The molecule has 100 valence electrons. The van der Waals surface area contributed by atoms with E-state index in [4.69, 9.17) is 0 Å². The summed E-state index contributed by atoms with van der Waals surface area (Å²) in [5, 5.41) is 3.56. The molecule has 2 saturated heterocycles. The van der Waals surface area contributed by atoms with Crippen molar-refractivity contribution in [2.24, 2.45) is 5.41 Å². The molecule has 0 bridgehead atoms. The maximum Gasteiger partial charge on any atom is 0.0122 e. The third-order valence-corrected chi connectivity index (χ3v) is 4.75. The molecule has 2 aliphatic rings. The SMILES string of the molecule is CCCC1(CCC)CN(C2CCNC(C)C2)C1. The van der Waals surface area contributed by atoms with Crippen LogP contribution in [0.4, 0.5) is 0 Å². The fourth-order valence-corrected chi connectivity index (χ4v) is 4.01. The molecule has 0 aliphatic carbocycles. The van der Waals surface area contributed by atoms with Crippen LogP contribution < -0.4 is 5.32 Å². The van der Waals surface area contributed by atoms with E-state index in [0.717, 1.165) is 12.1 Å². The smallest absolute Gasteiger partial charge is 0.0122 e. The molecule has 2 heterocycles. The molecule has 0 saturated carbocycles. The van der Waals surface area contributed by atoms with Crippen molar-refractivity contribution in [3.8, 4) is 0 Å². The Balaban J connectivity index is 1.82. The molecule has 17 heavy (non-hydrogen) atoms. The summed E-state index contributed by atoms with van der Waals surface area (Å²) in [5.41, 5.74) is 0.692. The molecular formula is C15H30N2. The number of rotatable bonds is 5. The first-order valence-electron chi connectivity index (χ1n) is 7.66. The molecule has 2 atom stereocenters. The standard InChI is InChI=1S/C15H30N2/c1-4-7-15(8-5-2)11-17(12-15)14-6-9-16-13(3)10-14/h13-14,16H,4-12H2,1-3H3. The number of nitrogens with zero attached hydrogens (tertiary/aromatic N) is 1. The first-order chi connectivity index (χ1) is 8.19. The van der Waals surface area contributed by atoms with Gasteiger partial charge < -0.3 is 5.32 Å². The van der Waals surface area contributed by atoms with E-state index in [1.54, 1.807) is 0 Å². The summed E-state index contributed by atoms with van der Waals surface area (Å²) in [6, 6.07) is 1.59. The minimum Gasteiger partial charge on any atom is -0.314 e. The van der Waals surface area contributed by atoms with Crippen molar-refractivity contribution in [2.45, 2.75) is 71.4 Å². The molecule has 2 unspecified atom stereocenters. The van der Waals surface area contributed by atoms with Crippen LogP contribution >= 0.6 is 0 Å². The molecule has 0 aromatic carbocycles. The van der Waals surface area contributed by atoms with Crippen molar-refractivity contribution in [2.75, 3.05) is 19.6 Å². The first kappa shape index (κ1) is 13.4. The van der Waals surface area contributed by atoms with E-state index >= 15 is 0 Å². The van der Waals surface area contributed by atoms with Gasteiger partial charge in [0, 0.05) is 25.2 Å². The Labute approximate surface area is 107 Å². The monoisotopic (exact) mass is 238 g/mol. The summed E-state index contributed by atoms with van der Waals surface area (Å²) >= 11 is 0. The largest absolute Gasteiger partial charge is 0.314 e. The van der Waals surface area contributed by atoms with Crippen molar-refractivity contribution in [1.29, 1.82) is 0 Å². The fraction of sp³-hybridized carbons (Fsp3) is 1.00. The minimum atomic E-state index is 0.692. The number of likely N-dealkylation sites (tertiary alicyclic amines) is 1. The maximum absolute atomic E-state index is 3.56. The number of piperidine rings is 1. The second-order valence-corrected chi connectivity index (χ2v) is 6.44. The van der Waals surface area contributed by atoms with Crippen LogP contribution in [0, 0.1) is 5.41 Å². The van der Waals surface area contributed by atoms with Crippen LogP contribution in [0.15, 0.2) is 0 Å². The Morgan fingerprint density at radius 1 is 1.18 bits per heavy atom. The van der Waals surface area contributed by atoms with E-state index in [1.807, 2.05) is 0 Å². The van der Waals surface area contributed by atoms with E-state index in [2.05, 4.69) is 31.0 Å². The number of nitrogens with one attached hydrogen (secondary N) is 1. The van der Waals surface area contributed by atoms with Gasteiger partial charge in [0.2, 0.25) is 0 Å². The highest BCUT2D eigenvalue weighted by Crippen LogP contribution is 2.41. The van der Waals surface area contributed by atoms with Crippen LogP contribution in [0.5, 0.6) is 0 Å². The summed E-state index contributed by atoms with van der Waals surface area (Å²) in [6.45, 7) is 11.0. The van der Waals surface area contributed by atoms with Gasteiger partial charge in [0.15, 0.2) is 0 Å². The van der Waals surface area contributed by atoms with Gasteiger partial charge in [-0.2, -0.15) is 0 Å². The highest BCUT2D eigenvalue weighted by atomic mass is 15.2. The Kier molecular flexibility index (Phi) is 4.48. The summed E-state index contributed by atoms with van der Waals surface area (Å²) < 4.78 is 0. The highest BCUT2D eigenvalue weighted by molar-refractivity contribution is 4.98. The lowest BCUT2D eigenvalue weighted by molar-refractivity contribution is -0.0539. The molecule has 2 rings (SSSR count). The number of hydrogen-bond acceptors (Lipinski definition) is 2. The van der Waals surface area contributed by atoms with Gasteiger partial charge in [0.05, 0.1) is 0 Å². The first-order valence-corrected chi connectivity index (χ1v) is 7.66. The van der Waals surface area contributed by atoms with Gasteiger partial charge in [-0.25, -0.2) is 0 Å². The van der Waals surface area contributed by atoms with Crippen LogP contribution in [-0.2, 0) is 0 Å². The Morgan fingerprint density at radius 3 is 2.35 bits per heavy atom. The molecule has 0 aromatic rings. The highest BCUT2D eigenvalue weighted by Gasteiger charge is 2.44. The molecule has 2 nitrogen and oxygen atoms in total. The second-order valence-electron chi connectivity index (χ2n) is 6.44. The van der Waals surface area contributed by atoms with E-state index in [-0.39, 0.29) is 0 Å². The lowest BCUT2D eigenvalue weighted by atomic mass is 9.71. The number of hydrogen-bond donors (Lipinski definition) is 1. The molecule has 0 amide bonds. The van der Waals surface area contributed by atoms with E-state index < -0.39 is 0 Å². The molecule has 0 spiro atoms. The Morgan fingerprint density at radius 2 is 1.82 bits per heavy atom. The topological polar surface area (TPSA) is 15.3 Å². The predicted octanol–water partition coefficient (Wildman–Crippen LogP) is 3.03. The van der Waals surface area contributed by atoms with Crippen LogP contribution in [0.3, 0.4) is 0 Å². The summed E-state index contributed by atoms with van der Waals surface area (Å²) in [5.74, 6) is 0. The molecule has 0 aromatic heterocycles. The van der Waals surface area contributed by atoms with Crippen LogP contribution in [-0.4, -0.2) is 36.6 Å². The summed E-state index contributed by atoms with van der Waals surface area (Å²) in [4.78, 5) is 2.77. The van der Waals surface area contributed by atoms with Crippen molar-refractivity contribution >= 4 is 0 Å². The van der Waals surface area contributed by atoms with Gasteiger partial charge >= 0.3 is 0 Å². The van der Waals surface area contributed by atoms with Crippen LogP contribution in [0.25, 0.3) is 0 Å². The van der Waals surface area contributed by atoms with E-state index in [1.165, 1.54) is 58.2 Å². The Bertz CT molecular complexity index is 225. The van der Waals surface area contributed by atoms with Gasteiger partial charge in [-0.05, 0) is 44.6 Å². The van der Waals surface area contributed by atoms with Crippen LogP contribution in [0.1, 0.15) is 59.3 Å². The van der Waals surface area contributed by atoms with Crippen LogP contribution in [0.2, 0.25) is 0 Å². The van der Waals surface area contributed by atoms with Gasteiger partial charge in [0.1, 0.15) is 0 Å². The third-order valence-electron chi connectivity index (χ3n) is 4.75. The minimum absolute atomic E-state index is 0.692. The lowest BCUT2D eigenvalue weighted by Gasteiger charge is -2.55. The zero-order chi connectivity index (χ0) is 12.3. The Hall–Kier alpha value is -0.0800. The van der Waals surface area contributed by atoms with Gasteiger partial charge in [-0.15, -0.1) is 0 Å². The maximum atomic E-state index is 3.56. The van der Waals surface area contributed by atoms with Crippen molar-refractivity contribution < 1.29 is 0 Å². The normalized spacial score (nSPS) is 33.4. The fourth-order valence-electron chi connectivity index (χ4n) is 4.01. The molecule has 2 aliphatic heterocycles. The summed E-state index contributed by atoms with van der Waals surface area (Å²) in [6.07, 6.45) is 8.32. The molecular weight excluding hydrogens is 208 g/mol.